The first-order valence-electron chi connectivity index (χ1n) is 7.01. The summed E-state index contributed by atoms with van der Waals surface area (Å²) >= 11 is 0. The van der Waals surface area contributed by atoms with Gasteiger partial charge in [-0.1, -0.05) is 6.92 Å². The topological polar surface area (TPSA) is 66.6 Å². The number of hydrogen-bond donors (Lipinski definition) is 1. The Labute approximate surface area is 123 Å². The third kappa shape index (κ3) is 2.72. The number of fused-ring (bicyclic) bond motifs is 1. The fraction of sp³-hybridized carbons (Fsp3) is 0.312. The van der Waals surface area contributed by atoms with Crippen LogP contribution in [0.5, 0.6) is 23.0 Å². The van der Waals surface area contributed by atoms with Crippen molar-refractivity contribution in [1.82, 2.24) is 4.98 Å². The molecule has 0 unspecified atom stereocenters. The lowest BCUT2D eigenvalue weighted by molar-refractivity contribution is 0.171. The summed E-state index contributed by atoms with van der Waals surface area (Å²) < 4.78 is 17.0. The molecule has 0 aliphatic carbocycles. The Balaban J connectivity index is 1.94. The maximum atomic E-state index is 6.03. The van der Waals surface area contributed by atoms with Gasteiger partial charge in [0.05, 0.1) is 11.4 Å². The molecule has 5 nitrogen and oxygen atoms in total. The fourth-order valence-electron chi connectivity index (χ4n) is 2.24. The summed E-state index contributed by atoms with van der Waals surface area (Å²) in [6.07, 6.45) is 0.793. The molecule has 1 aliphatic rings. The normalized spacial score (nSPS) is 13.0. The average molecular weight is 286 g/mol. The van der Waals surface area contributed by atoms with E-state index < -0.39 is 0 Å². The molecule has 0 bridgehead atoms. The van der Waals surface area contributed by atoms with Crippen molar-refractivity contribution < 1.29 is 14.2 Å². The number of ether oxygens (including phenoxy) is 3. The van der Waals surface area contributed by atoms with Gasteiger partial charge in [0.2, 0.25) is 0 Å². The highest BCUT2D eigenvalue weighted by atomic mass is 16.6. The quantitative estimate of drug-likeness (QED) is 0.878. The lowest BCUT2D eigenvalue weighted by Crippen LogP contribution is -2.15. The molecule has 0 spiro atoms. The Bertz CT molecular complexity index is 671. The first-order chi connectivity index (χ1) is 10.2. The van der Waals surface area contributed by atoms with Crippen LogP contribution in [-0.4, -0.2) is 18.2 Å². The Hall–Kier alpha value is -2.43. The Kier molecular flexibility index (Phi) is 3.56. The predicted molar refractivity (Wildman–Crippen MR) is 80.3 cm³/mol. The number of aromatic nitrogens is 1. The molecule has 0 saturated heterocycles. The first kappa shape index (κ1) is 13.5. The van der Waals surface area contributed by atoms with Crippen molar-refractivity contribution in [3.8, 4) is 23.0 Å². The van der Waals surface area contributed by atoms with E-state index in [0.717, 1.165) is 17.8 Å². The van der Waals surface area contributed by atoms with Gasteiger partial charge >= 0.3 is 0 Å². The highest BCUT2D eigenvalue weighted by Gasteiger charge is 2.16. The van der Waals surface area contributed by atoms with Gasteiger partial charge in [-0.2, -0.15) is 0 Å². The molecule has 5 heteroatoms. The van der Waals surface area contributed by atoms with E-state index in [2.05, 4.69) is 4.98 Å². The number of anilines is 1. The van der Waals surface area contributed by atoms with Crippen molar-refractivity contribution in [1.29, 1.82) is 0 Å². The van der Waals surface area contributed by atoms with E-state index >= 15 is 0 Å². The Morgan fingerprint density at radius 1 is 1.14 bits per heavy atom. The molecule has 110 valence electrons. The largest absolute Gasteiger partial charge is 0.486 e. The van der Waals surface area contributed by atoms with E-state index in [0.29, 0.717) is 41.9 Å². The zero-order valence-electron chi connectivity index (χ0n) is 12.2. The third-order valence-corrected chi connectivity index (χ3v) is 3.30. The SMILES string of the molecule is CCc1nc(C)ccc1Oc1cc2c(cc1N)OCCO2. The molecule has 0 amide bonds. The second-order valence-electron chi connectivity index (χ2n) is 4.89. The molecule has 0 fully saturated rings. The summed E-state index contributed by atoms with van der Waals surface area (Å²) in [5.74, 6) is 2.58. The maximum Gasteiger partial charge on any atom is 0.165 e. The van der Waals surface area contributed by atoms with Crippen molar-refractivity contribution in [2.45, 2.75) is 20.3 Å². The van der Waals surface area contributed by atoms with Crippen LogP contribution in [0, 0.1) is 6.92 Å². The fourth-order valence-corrected chi connectivity index (χ4v) is 2.24. The minimum atomic E-state index is 0.516. The maximum absolute atomic E-state index is 6.03. The number of rotatable bonds is 3. The molecule has 1 aromatic heterocycles. The minimum absolute atomic E-state index is 0.516. The van der Waals surface area contributed by atoms with Crippen LogP contribution in [-0.2, 0) is 6.42 Å². The van der Waals surface area contributed by atoms with E-state index in [1.165, 1.54) is 0 Å². The molecule has 3 rings (SSSR count). The molecule has 0 radical (unpaired) electrons. The van der Waals surface area contributed by atoms with Crippen LogP contribution in [0.2, 0.25) is 0 Å². The van der Waals surface area contributed by atoms with E-state index in [4.69, 9.17) is 19.9 Å². The molecule has 21 heavy (non-hydrogen) atoms. The van der Waals surface area contributed by atoms with Gasteiger partial charge in [0, 0.05) is 17.8 Å². The van der Waals surface area contributed by atoms with Crippen molar-refractivity contribution in [2.24, 2.45) is 0 Å². The molecular formula is C16H18N2O3. The van der Waals surface area contributed by atoms with Gasteiger partial charge in [0.25, 0.3) is 0 Å². The van der Waals surface area contributed by atoms with Crippen LogP contribution in [0.25, 0.3) is 0 Å². The first-order valence-corrected chi connectivity index (χ1v) is 7.01. The Morgan fingerprint density at radius 3 is 2.57 bits per heavy atom. The molecule has 1 aromatic carbocycles. The van der Waals surface area contributed by atoms with Crippen LogP contribution in [0.3, 0.4) is 0 Å². The number of pyridine rings is 1. The number of nitrogens with two attached hydrogens (primary N) is 1. The van der Waals surface area contributed by atoms with Crippen molar-refractivity contribution in [2.75, 3.05) is 18.9 Å². The van der Waals surface area contributed by atoms with Gasteiger partial charge in [0.1, 0.15) is 19.0 Å². The minimum Gasteiger partial charge on any atom is -0.486 e. The summed E-state index contributed by atoms with van der Waals surface area (Å²) in [6, 6.07) is 7.33. The average Bonchev–Trinajstić information content (AvgIpc) is 2.49. The highest BCUT2D eigenvalue weighted by Crippen LogP contribution is 2.40. The van der Waals surface area contributed by atoms with E-state index in [-0.39, 0.29) is 0 Å². The highest BCUT2D eigenvalue weighted by molar-refractivity contribution is 5.63. The second kappa shape index (κ2) is 5.52. The lowest BCUT2D eigenvalue weighted by Gasteiger charge is -2.20. The monoisotopic (exact) mass is 286 g/mol. The molecule has 2 heterocycles. The number of nitrogens with zero attached hydrogens (tertiary/aromatic N) is 1. The van der Waals surface area contributed by atoms with Gasteiger partial charge in [-0.05, 0) is 25.5 Å². The molecule has 0 saturated carbocycles. The summed E-state index contributed by atoms with van der Waals surface area (Å²) in [5, 5.41) is 0. The van der Waals surface area contributed by atoms with Crippen LogP contribution < -0.4 is 19.9 Å². The summed E-state index contributed by atoms with van der Waals surface area (Å²) in [6.45, 7) is 5.07. The van der Waals surface area contributed by atoms with Crippen molar-refractivity contribution in [3.63, 3.8) is 0 Å². The van der Waals surface area contributed by atoms with Gasteiger partial charge in [-0.3, -0.25) is 4.98 Å². The molecule has 2 aromatic rings. The number of benzene rings is 1. The summed E-state index contributed by atoms with van der Waals surface area (Å²) in [7, 11) is 0. The standard InChI is InChI=1S/C16H18N2O3/c1-3-12-13(5-4-10(2)18-12)21-14-9-16-15(8-11(14)17)19-6-7-20-16/h4-5,8-9H,3,6-7,17H2,1-2H3. The summed E-state index contributed by atoms with van der Waals surface area (Å²) in [4.78, 5) is 4.48. The van der Waals surface area contributed by atoms with Crippen molar-refractivity contribution >= 4 is 5.69 Å². The van der Waals surface area contributed by atoms with Crippen LogP contribution in [0.4, 0.5) is 5.69 Å². The zero-order valence-corrected chi connectivity index (χ0v) is 12.2. The van der Waals surface area contributed by atoms with Crippen LogP contribution in [0.15, 0.2) is 24.3 Å². The zero-order chi connectivity index (χ0) is 14.8. The Morgan fingerprint density at radius 2 is 1.86 bits per heavy atom. The van der Waals surface area contributed by atoms with Gasteiger partial charge in [-0.15, -0.1) is 0 Å². The lowest BCUT2D eigenvalue weighted by atomic mass is 10.2. The van der Waals surface area contributed by atoms with Gasteiger partial charge in [0.15, 0.2) is 17.2 Å². The summed E-state index contributed by atoms with van der Waals surface area (Å²) in [5.41, 5.74) is 8.42. The second-order valence-corrected chi connectivity index (χ2v) is 4.89. The molecular weight excluding hydrogens is 268 g/mol. The van der Waals surface area contributed by atoms with E-state index in [1.54, 1.807) is 12.1 Å². The molecule has 0 atom stereocenters. The van der Waals surface area contributed by atoms with Crippen molar-refractivity contribution in [3.05, 3.63) is 35.7 Å². The molecule has 2 N–H and O–H groups in total. The van der Waals surface area contributed by atoms with Gasteiger partial charge < -0.3 is 19.9 Å². The van der Waals surface area contributed by atoms with Crippen LogP contribution in [0.1, 0.15) is 18.3 Å². The third-order valence-electron chi connectivity index (χ3n) is 3.30. The predicted octanol–water partition coefficient (Wildman–Crippen LogP) is 3.10. The number of hydrogen-bond acceptors (Lipinski definition) is 5. The van der Waals surface area contributed by atoms with Gasteiger partial charge in [-0.25, -0.2) is 0 Å². The van der Waals surface area contributed by atoms with E-state index in [1.807, 2.05) is 26.0 Å². The van der Waals surface area contributed by atoms with E-state index in [9.17, 15) is 0 Å². The number of aryl methyl sites for hydroxylation is 2. The number of nitrogen functional groups attached to an aromatic ring is 1. The smallest absolute Gasteiger partial charge is 0.165 e. The van der Waals surface area contributed by atoms with Crippen LogP contribution >= 0.6 is 0 Å². The molecule has 1 aliphatic heterocycles.